The number of aromatic nitrogens is 3. The Hall–Kier alpha value is -3.12. The summed E-state index contributed by atoms with van der Waals surface area (Å²) in [5, 5.41) is 11.8. The van der Waals surface area contributed by atoms with Crippen LogP contribution in [0.15, 0.2) is 29.0 Å². The molecule has 0 atom stereocenters. The summed E-state index contributed by atoms with van der Waals surface area (Å²) < 4.78 is 36.2. The molecule has 3 aromatic rings. The van der Waals surface area contributed by atoms with E-state index < -0.39 is 15.7 Å². The van der Waals surface area contributed by atoms with Gasteiger partial charge in [0, 0.05) is 30.7 Å². The van der Waals surface area contributed by atoms with Crippen molar-refractivity contribution in [3.05, 3.63) is 30.3 Å². The standard InChI is InChI=1S/C21H26N6O5S/c1-31-19-11-16-14(12-27(25-16)15-2-4-22-5-3-15)10-17(19)23-20(28)18-13-32-21(24-18)26-6-8-33(29,30)9-7-26/h10-13,15,22H,2-9H2,1H3,(H,23,28). The van der Waals surface area contributed by atoms with Crippen LogP contribution < -0.4 is 20.3 Å². The highest BCUT2D eigenvalue weighted by Gasteiger charge is 2.26. The van der Waals surface area contributed by atoms with Gasteiger partial charge in [-0.15, -0.1) is 0 Å². The van der Waals surface area contributed by atoms with Gasteiger partial charge in [0.15, 0.2) is 15.5 Å². The molecule has 1 aromatic carbocycles. The van der Waals surface area contributed by atoms with Gasteiger partial charge in [0.2, 0.25) is 0 Å². The Labute approximate surface area is 191 Å². The monoisotopic (exact) mass is 474 g/mol. The third-order valence-electron chi connectivity index (χ3n) is 6.11. The van der Waals surface area contributed by atoms with Crippen molar-refractivity contribution in [1.82, 2.24) is 20.1 Å². The summed E-state index contributed by atoms with van der Waals surface area (Å²) in [5.41, 5.74) is 1.41. The van der Waals surface area contributed by atoms with Gasteiger partial charge >= 0.3 is 0 Å². The number of hydrogen-bond donors (Lipinski definition) is 2. The Balaban J connectivity index is 1.34. The number of nitrogens with one attached hydrogen (secondary N) is 2. The molecule has 11 nitrogen and oxygen atoms in total. The van der Waals surface area contributed by atoms with Crippen molar-refractivity contribution in [1.29, 1.82) is 0 Å². The maximum absolute atomic E-state index is 12.8. The van der Waals surface area contributed by atoms with Crippen LogP contribution in [0.4, 0.5) is 11.7 Å². The van der Waals surface area contributed by atoms with Crippen LogP contribution in [0, 0.1) is 0 Å². The second-order valence-corrected chi connectivity index (χ2v) is 10.6. The zero-order valence-corrected chi connectivity index (χ0v) is 19.1. The van der Waals surface area contributed by atoms with Crippen LogP contribution in [0.2, 0.25) is 0 Å². The lowest BCUT2D eigenvalue weighted by atomic mass is 10.1. The molecule has 0 bridgehead atoms. The molecule has 0 aliphatic carbocycles. The fourth-order valence-electron chi connectivity index (χ4n) is 4.20. The molecule has 4 heterocycles. The van der Waals surface area contributed by atoms with E-state index in [-0.39, 0.29) is 36.3 Å². The van der Waals surface area contributed by atoms with Crippen molar-refractivity contribution in [2.45, 2.75) is 18.9 Å². The van der Waals surface area contributed by atoms with E-state index in [0.29, 0.717) is 17.5 Å². The number of piperidine rings is 1. The molecule has 2 N–H and O–H groups in total. The molecule has 33 heavy (non-hydrogen) atoms. The molecule has 0 spiro atoms. The van der Waals surface area contributed by atoms with Crippen LogP contribution in [-0.4, -0.2) is 73.9 Å². The van der Waals surface area contributed by atoms with Crippen LogP contribution in [0.3, 0.4) is 0 Å². The molecule has 2 aromatic heterocycles. The topological polar surface area (TPSA) is 132 Å². The van der Waals surface area contributed by atoms with E-state index in [1.807, 2.05) is 23.0 Å². The minimum absolute atomic E-state index is 0.0408. The molecule has 176 valence electrons. The SMILES string of the molecule is COc1cc2nn(C3CCNCC3)cc2cc1NC(=O)c1coc(N2CCS(=O)(=O)CC2)n1. The normalized spacial score (nSPS) is 19.0. The maximum atomic E-state index is 12.8. The lowest BCUT2D eigenvalue weighted by Crippen LogP contribution is -2.40. The van der Waals surface area contributed by atoms with Gasteiger partial charge < -0.3 is 24.7 Å². The summed E-state index contributed by atoms with van der Waals surface area (Å²) in [6.07, 6.45) is 5.31. The lowest BCUT2D eigenvalue weighted by Gasteiger charge is -2.24. The molecule has 2 aliphatic rings. The summed E-state index contributed by atoms with van der Waals surface area (Å²) in [4.78, 5) is 18.8. The first-order chi connectivity index (χ1) is 15.9. The summed E-state index contributed by atoms with van der Waals surface area (Å²) in [6.45, 7) is 2.52. The van der Waals surface area contributed by atoms with Gasteiger partial charge in [-0.25, -0.2) is 8.42 Å². The third kappa shape index (κ3) is 4.53. The predicted octanol–water partition coefficient (Wildman–Crippen LogP) is 1.44. The molecule has 0 unspecified atom stereocenters. The first-order valence-corrected chi connectivity index (χ1v) is 12.7. The number of benzene rings is 1. The predicted molar refractivity (Wildman–Crippen MR) is 123 cm³/mol. The molecule has 2 fully saturated rings. The van der Waals surface area contributed by atoms with Crippen LogP contribution in [0.5, 0.6) is 5.75 Å². The zero-order valence-electron chi connectivity index (χ0n) is 18.3. The molecular formula is C21H26N6O5S. The largest absolute Gasteiger partial charge is 0.494 e. The highest BCUT2D eigenvalue weighted by molar-refractivity contribution is 7.91. The fraction of sp³-hybridized carbons (Fsp3) is 0.476. The molecule has 0 radical (unpaired) electrons. The number of rotatable bonds is 5. The summed E-state index contributed by atoms with van der Waals surface area (Å²) in [7, 11) is -1.48. The number of amides is 1. The van der Waals surface area contributed by atoms with E-state index in [2.05, 4.69) is 15.6 Å². The number of ether oxygens (including phenoxy) is 1. The summed E-state index contributed by atoms with van der Waals surface area (Å²) in [6, 6.07) is 4.24. The first-order valence-electron chi connectivity index (χ1n) is 10.9. The Bertz CT molecular complexity index is 1260. The number of methoxy groups -OCH3 is 1. The van der Waals surface area contributed by atoms with Gasteiger partial charge in [-0.3, -0.25) is 9.48 Å². The van der Waals surface area contributed by atoms with Crippen LogP contribution in [-0.2, 0) is 9.84 Å². The van der Waals surface area contributed by atoms with Crippen molar-refractivity contribution in [2.24, 2.45) is 0 Å². The molecule has 2 aliphatic heterocycles. The van der Waals surface area contributed by atoms with Gasteiger partial charge in [-0.05, 0) is 32.0 Å². The van der Waals surface area contributed by atoms with Gasteiger partial charge in [0.1, 0.15) is 12.0 Å². The van der Waals surface area contributed by atoms with Crippen molar-refractivity contribution in [3.63, 3.8) is 0 Å². The van der Waals surface area contributed by atoms with E-state index in [4.69, 9.17) is 14.3 Å². The second-order valence-electron chi connectivity index (χ2n) is 8.31. The molecule has 0 saturated carbocycles. The number of hydrogen-bond acceptors (Lipinski definition) is 9. The van der Waals surface area contributed by atoms with Crippen molar-refractivity contribution < 1.29 is 22.4 Å². The number of carbonyl (C=O) groups excluding carboxylic acids is 1. The Morgan fingerprint density at radius 1 is 1.24 bits per heavy atom. The van der Waals surface area contributed by atoms with E-state index >= 15 is 0 Å². The number of carbonyl (C=O) groups is 1. The Kier molecular flexibility index (Phi) is 5.71. The Morgan fingerprint density at radius 2 is 2.00 bits per heavy atom. The first kappa shape index (κ1) is 21.7. The average Bonchev–Trinajstić information content (AvgIpc) is 3.46. The second kappa shape index (κ2) is 8.67. The minimum atomic E-state index is -3.02. The third-order valence-corrected chi connectivity index (χ3v) is 7.72. The van der Waals surface area contributed by atoms with Gasteiger partial charge in [0.25, 0.3) is 11.9 Å². The number of nitrogens with zero attached hydrogens (tertiary/aromatic N) is 4. The highest BCUT2D eigenvalue weighted by atomic mass is 32.2. The van der Waals surface area contributed by atoms with Crippen molar-refractivity contribution >= 4 is 38.3 Å². The quantitative estimate of drug-likeness (QED) is 0.564. The number of sulfone groups is 1. The molecule has 5 rings (SSSR count). The summed E-state index contributed by atoms with van der Waals surface area (Å²) in [5.74, 6) is 0.132. The highest BCUT2D eigenvalue weighted by Crippen LogP contribution is 2.32. The smallest absolute Gasteiger partial charge is 0.298 e. The molecule has 2 saturated heterocycles. The molecule has 12 heteroatoms. The number of anilines is 2. The van der Waals surface area contributed by atoms with Crippen LogP contribution in [0.25, 0.3) is 10.9 Å². The van der Waals surface area contributed by atoms with E-state index in [1.54, 1.807) is 12.0 Å². The average molecular weight is 475 g/mol. The Morgan fingerprint density at radius 3 is 2.73 bits per heavy atom. The van der Waals surface area contributed by atoms with Crippen molar-refractivity contribution in [2.75, 3.05) is 55.0 Å². The minimum Gasteiger partial charge on any atom is -0.494 e. The van der Waals surface area contributed by atoms with E-state index in [9.17, 15) is 13.2 Å². The lowest BCUT2D eigenvalue weighted by molar-refractivity contribution is 0.102. The van der Waals surface area contributed by atoms with Crippen LogP contribution in [0.1, 0.15) is 29.4 Å². The molecule has 1 amide bonds. The van der Waals surface area contributed by atoms with Crippen molar-refractivity contribution in [3.8, 4) is 5.75 Å². The zero-order chi connectivity index (χ0) is 23.0. The molecular weight excluding hydrogens is 448 g/mol. The van der Waals surface area contributed by atoms with E-state index in [0.717, 1.165) is 36.8 Å². The number of oxazole rings is 1. The fourth-order valence-corrected chi connectivity index (χ4v) is 5.40. The van der Waals surface area contributed by atoms with Gasteiger partial charge in [0.05, 0.1) is 35.9 Å². The maximum Gasteiger partial charge on any atom is 0.298 e. The van der Waals surface area contributed by atoms with Crippen LogP contribution >= 0.6 is 0 Å². The summed E-state index contributed by atoms with van der Waals surface area (Å²) >= 11 is 0. The van der Waals surface area contributed by atoms with Gasteiger partial charge in [-0.1, -0.05) is 0 Å². The van der Waals surface area contributed by atoms with Gasteiger partial charge in [-0.2, -0.15) is 10.1 Å². The van der Waals surface area contributed by atoms with E-state index in [1.165, 1.54) is 6.26 Å². The number of fused-ring (bicyclic) bond motifs is 1.